The number of carbonyl (C=O) groups excluding carboxylic acids is 1. The van der Waals surface area contributed by atoms with Crippen LogP contribution in [0.1, 0.15) is 32.2 Å². The molecule has 0 bridgehead atoms. The molecular weight excluding hydrogens is 287 g/mol. The highest BCUT2D eigenvalue weighted by Gasteiger charge is 2.33. The summed E-state index contributed by atoms with van der Waals surface area (Å²) in [4.78, 5) is 16.6. The van der Waals surface area contributed by atoms with Gasteiger partial charge in [-0.05, 0) is 6.42 Å². The van der Waals surface area contributed by atoms with Crippen molar-refractivity contribution >= 4 is 5.91 Å². The third kappa shape index (κ3) is 6.16. The lowest BCUT2D eigenvalue weighted by atomic mass is 10.1. The molecule has 1 amide bonds. The van der Waals surface area contributed by atoms with Crippen LogP contribution in [0.5, 0.6) is 0 Å². The highest BCUT2D eigenvalue weighted by molar-refractivity contribution is 5.76. The molecule has 1 atom stereocenters. The van der Waals surface area contributed by atoms with E-state index in [0.717, 1.165) is 6.42 Å². The maximum Gasteiger partial charge on any atom is 0.406 e. The predicted molar refractivity (Wildman–Crippen MR) is 70.5 cm³/mol. The van der Waals surface area contributed by atoms with Gasteiger partial charge in [0.15, 0.2) is 0 Å². The molecule has 21 heavy (non-hydrogen) atoms. The maximum absolute atomic E-state index is 12.5. The topological polar surface area (TPSA) is 58.4 Å². The van der Waals surface area contributed by atoms with Gasteiger partial charge in [-0.3, -0.25) is 4.79 Å². The monoisotopic (exact) mass is 307 g/mol. The van der Waals surface area contributed by atoms with E-state index in [0.29, 0.717) is 11.3 Å². The second kappa shape index (κ2) is 8.02. The van der Waals surface area contributed by atoms with E-state index >= 15 is 0 Å². The summed E-state index contributed by atoms with van der Waals surface area (Å²) in [6, 6.07) is -0.223. The van der Waals surface area contributed by atoms with Gasteiger partial charge >= 0.3 is 6.18 Å². The Kier molecular flexibility index (Phi) is 6.67. The van der Waals surface area contributed by atoms with Crippen LogP contribution in [0.15, 0.2) is 18.7 Å². The number of halogens is 3. The summed E-state index contributed by atoms with van der Waals surface area (Å²) >= 11 is 0. The second-order valence-electron chi connectivity index (χ2n) is 4.81. The smallest absolute Gasteiger partial charge is 0.395 e. The molecular formula is C13H20F3N3O2. The number of amides is 1. The van der Waals surface area contributed by atoms with Crippen LogP contribution in [0.3, 0.4) is 0 Å². The van der Waals surface area contributed by atoms with Gasteiger partial charge in [0.05, 0.1) is 12.9 Å². The van der Waals surface area contributed by atoms with Crippen LogP contribution in [0, 0.1) is 0 Å². The molecule has 0 aliphatic carbocycles. The van der Waals surface area contributed by atoms with Crippen LogP contribution in [0.25, 0.3) is 0 Å². The van der Waals surface area contributed by atoms with Crippen LogP contribution in [-0.2, 0) is 4.79 Å². The van der Waals surface area contributed by atoms with E-state index in [1.165, 1.54) is 0 Å². The molecule has 0 radical (unpaired) electrons. The lowest BCUT2D eigenvalue weighted by Gasteiger charge is -2.26. The summed E-state index contributed by atoms with van der Waals surface area (Å²) in [5, 5.41) is 8.83. The van der Waals surface area contributed by atoms with Gasteiger partial charge in [0.1, 0.15) is 6.54 Å². The molecule has 0 aromatic carbocycles. The summed E-state index contributed by atoms with van der Waals surface area (Å²) in [7, 11) is 0. The first-order valence-electron chi connectivity index (χ1n) is 6.80. The Balaban J connectivity index is 2.73. The molecule has 1 aromatic heterocycles. The number of hydrogen-bond donors (Lipinski definition) is 1. The summed E-state index contributed by atoms with van der Waals surface area (Å²) in [6.07, 6.45) is 1.76. The first-order valence-corrected chi connectivity index (χ1v) is 6.80. The highest BCUT2D eigenvalue weighted by Crippen LogP contribution is 2.21. The minimum atomic E-state index is -4.47. The average molecular weight is 307 g/mol. The van der Waals surface area contributed by atoms with Crippen molar-refractivity contribution in [1.29, 1.82) is 0 Å². The first kappa shape index (κ1) is 17.5. The van der Waals surface area contributed by atoms with E-state index in [1.807, 2.05) is 6.92 Å². The van der Waals surface area contributed by atoms with E-state index < -0.39 is 25.2 Å². The lowest BCUT2D eigenvalue weighted by Crippen LogP contribution is -2.41. The zero-order valence-corrected chi connectivity index (χ0v) is 11.9. The molecule has 0 fully saturated rings. The number of imidazole rings is 1. The van der Waals surface area contributed by atoms with Crippen LogP contribution in [0.2, 0.25) is 0 Å². The molecule has 1 N–H and O–H groups in total. The number of aliphatic hydroxyl groups excluding tert-OH is 1. The number of rotatable bonds is 8. The zero-order valence-electron chi connectivity index (χ0n) is 11.9. The quantitative estimate of drug-likeness (QED) is 0.799. The minimum Gasteiger partial charge on any atom is -0.395 e. The zero-order chi connectivity index (χ0) is 15.9. The number of hydrogen-bond acceptors (Lipinski definition) is 3. The highest BCUT2D eigenvalue weighted by atomic mass is 19.4. The van der Waals surface area contributed by atoms with Crippen molar-refractivity contribution in [1.82, 2.24) is 14.5 Å². The third-order valence-electron chi connectivity index (χ3n) is 3.07. The van der Waals surface area contributed by atoms with E-state index in [-0.39, 0.29) is 19.0 Å². The largest absolute Gasteiger partial charge is 0.406 e. The standard InChI is InChI=1S/C13H20F3N3O2/c1-2-3-11(19-5-4-17-10-19)8-12(21)18(6-7-20)9-13(14,15)16/h4-5,10-11,20H,2-3,6-9H2,1H3. The Morgan fingerprint density at radius 2 is 2.19 bits per heavy atom. The summed E-state index contributed by atoms with van der Waals surface area (Å²) in [5.74, 6) is -0.617. The van der Waals surface area contributed by atoms with Gasteiger partial charge in [-0.1, -0.05) is 13.3 Å². The van der Waals surface area contributed by atoms with Crippen molar-refractivity contribution in [3.63, 3.8) is 0 Å². The van der Waals surface area contributed by atoms with Gasteiger partial charge in [-0.15, -0.1) is 0 Å². The number of aliphatic hydroxyl groups is 1. The Morgan fingerprint density at radius 1 is 1.48 bits per heavy atom. The van der Waals surface area contributed by atoms with E-state index in [9.17, 15) is 18.0 Å². The normalized spacial score (nSPS) is 13.2. The fourth-order valence-corrected chi connectivity index (χ4v) is 2.13. The molecule has 1 aromatic rings. The average Bonchev–Trinajstić information content (AvgIpc) is 2.90. The molecule has 0 aliphatic rings. The van der Waals surface area contributed by atoms with E-state index in [1.54, 1.807) is 23.3 Å². The molecule has 1 heterocycles. The molecule has 0 spiro atoms. The van der Waals surface area contributed by atoms with Crippen molar-refractivity contribution < 1.29 is 23.1 Å². The second-order valence-corrected chi connectivity index (χ2v) is 4.81. The molecule has 1 rings (SSSR count). The SMILES string of the molecule is CCCC(CC(=O)N(CCO)CC(F)(F)F)n1ccnc1. The lowest BCUT2D eigenvalue weighted by molar-refractivity contribution is -0.162. The number of aromatic nitrogens is 2. The summed E-state index contributed by atoms with van der Waals surface area (Å²) in [5.41, 5.74) is 0. The van der Waals surface area contributed by atoms with Gasteiger partial charge in [0.25, 0.3) is 0 Å². The predicted octanol–water partition coefficient (Wildman–Crippen LogP) is 2.00. The maximum atomic E-state index is 12.5. The fourth-order valence-electron chi connectivity index (χ4n) is 2.13. The Morgan fingerprint density at radius 3 is 2.67 bits per heavy atom. The Bertz CT molecular complexity index is 421. The molecule has 0 saturated heterocycles. The van der Waals surface area contributed by atoms with Crippen molar-refractivity contribution in [3.8, 4) is 0 Å². The molecule has 0 aliphatic heterocycles. The van der Waals surface area contributed by atoms with Gasteiger partial charge < -0.3 is 14.6 Å². The van der Waals surface area contributed by atoms with Gasteiger partial charge in [-0.25, -0.2) is 4.98 Å². The van der Waals surface area contributed by atoms with E-state index in [4.69, 9.17) is 5.11 Å². The van der Waals surface area contributed by atoms with Gasteiger partial charge in [0, 0.05) is 31.4 Å². The molecule has 1 unspecified atom stereocenters. The van der Waals surface area contributed by atoms with Crippen LogP contribution in [-0.4, -0.2) is 51.3 Å². The van der Waals surface area contributed by atoms with Gasteiger partial charge in [0.2, 0.25) is 5.91 Å². The fraction of sp³-hybridized carbons (Fsp3) is 0.692. The molecule has 120 valence electrons. The Hall–Kier alpha value is -1.57. The first-order chi connectivity index (χ1) is 9.87. The van der Waals surface area contributed by atoms with Crippen molar-refractivity contribution in [2.24, 2.45) is 0 Å². The van der Waals surface area contributed by atoms with Crippen molar-refractivity contribution in [2.45, 2.75) is 38.4 Å². The number of nitrogens with zero attached hydrogens (tertiary/aromatic N) is 3. The number of carbonyl (C=O) groups is 1. The molecule has 5 nitrogen and oxygen atoms in total. The molecule has 8 heteroatoms. The van der Waals surface area contributed by atoms with Crippen molar-refractivity contribution in [3.05, 3.63) is 18.7 Å². The summed E-state index contributed by atoms with van der Waals surface area (Å²) < 4.78 is 39.1. The summed E-state index contributed by atoms with van der Waals surface area (Å²) in [6.45, 7) is -0.211. The number of alkyl halides is 3. The van der Waals surface area contributed by atoms with Gasteiger partial charge in [-0.2, -0.15) is 13.2 Å². The van der Waals surface area contributed by atoms with Crippen LogP contribution < -0.4 is 0 Å². The third-order valence-corrected chi connectivity index (χ3v) is 3.07. The minimum absolute atomic E-state index is 0.0414. The van der Waals surface area contributed by atoms with Crippen molar-refractivity contribution in [2.75, 3.05) is 19.7 Å². The van der Waals surface area contributed by atoms with Crippen LogP contribution in [0.4, 0.5) is 13.2 Å². The Labute approximate surface area is 121 Å². The van der Waals surface area contributed by atoms with Crippen LogP contribution >= 0.6 is 0 Å². The van der Waals surface area contributed by atoms with E-state index in [2.05, 4.69) is 4.98 Å². The molecule has 0 saturated carbocycles.